The summed E-state index contributed by atoms with van der Waals surface area (Å²) in [5.74, 6) is 0. The molecule has 0 aliphatic heterocycles. The van der Waals surface area contributed by atoms with Gasteiger partial charge in [-0.3, -0.25) is 4.68 Å². The Morgan fingerprint density at radius 1 is 1.12 bits per heavy atom. The molecule has 0 radical (unpaired) electrons. The largest absolute Gasteiger partial charge is 0.391 e. The molecule has 1 N–H and O–H groups in total. The van der Waals surface area contributed by atoms with Gasteiger partial charge in [0.1, 0.15) is 0 Å². The number of rotatable bonds is 2. The standard InChI is InChI=1S/C14H16N2O/c17-14-8-4-7-13(14)16-10-12(9-15-16)11-5-2-1-3-6-11/h1-3,5-6,9-10,13-14,17H,4,7-8H2/t13-,14-/m0/s1. The predicted octanol–water partition coefficient (Wildman–Crippen LogP) is 2.64. The molecule has 1 fully saturated rings. The van der Waals surface area contributed by atoms with E-state index in [0.29, 0.717) is 0 Å². The Bertz CT molecular complexity index is 492. The van der Waals surface area contributed by atoms with Crippen molar-refractivity contribution in [1.29, 1.82) is 0 Å². The van der Waals surface area contributed by atoms with Crippen LogP contribution in [0.1, 0.15) is 25.3 Å². The molecule has 1 aromatic carbocycles. The summed E-state index contributed by atoms with van der Waals surface area (Å²) in [5.41, 5.74) is 2.29. The Morgan fingerprint density at radius 3 is 2.65 bits per heavy atom. The molecule has 2 aromatic rings. The molecule has 2 atom stereocenters. The summed E-state index contributed by atoms with van der Waals surface area (Å²) >= 11 is 0. The van der Waals surface area contributed by atoms with E-state index in [1.165, 1.54) is 5.56 Å². The minimum Gasteiger partial charge on any atom is -0.391 e. The molecule has 0 unspecified atom stereocenters. The van der Waals surface area contributed by atoms with Crippen LogP contribution in [0.2, 0.25) is 0 Å². The second-order valence-corrected chi connectivity index (χ2v) is 4.64. The van der Waals surface area contributed by atoms with Crippen LogP contribution in [0.3, 0.4) is 0 Å². The summed E-state index contributed by atoms with van der Waals surface area (Å²) in [6.07, 6.45) is 6.68. The lowest BCUT2D eigenvalue weighted by Crippen LogP contribution is -2.18. The fourth-order valence-corrected chi connectivity index (χ4v) is 2.53. The van der Waals surface area contributed by atoms with Gasteiger partial charge in [0, 0.05) is 11.8 Å². The first kappa shape index (κ1) is 10.5. The van der Waals surface area contributed by atoms with E-state index in [1.54, 1.807) is 0 Å². The minimum absolute atomic E-state index is 0.160. The van der Waals surface area contributed by atoms with Crippen LogP contribution in [-0.4, -0.2) is 21.0 Å². The summed E-state index contributed by atoms with van der Waals surface area (Å²) in [6, 6.07) is 10.4. The van der Waals surface area contributed by atoms with Crippen molar-refractivity contribution < 1.29 is 5.11 Å². The maximum Gasteiger partial charge on any atom is 0.0778 e. The highest BCUT2D eigenvalue weighted by Gasteiger charge is 2.27. The fraction of sp³-hybridized carbons (Fsp3) is 0.357. The maximum atomic E-state index is 9.86. The molecule has 3 rings (SSSR count). The number of hydrogen-bond acceptors (Lipinski definition) is 2. The second-order valence-electron chi connectivity index (χ2n) is 4.64. The van der Waals surface area contributed by atoms with Crippen LogP contribution >= 0.6 is 0 Å². The van der Waals surface area contributed by atoms with E-state index in [2.05, 4.69) is 17.2 Å². The molecule has 1 aliphatic rings. The summed E-state index contributed by atoms with van der Waals surface area (Å²) in [5, 5.41) is 14.2. The normalized spacial score (nSPS) is 24.1. The molecule has 88 valence electrons. The molecule has 3 heteroatoms. The highest BCUT2D eigenvalue weighted by atomic mass is 16.3. The molecule has 1 heterocycles. The molecule has 17 heavy (non-hydrogen) atoms. The van der Waals surface area contributed by atoms with Gasteiger partial charge in [0.25, 0.3) is 0 Å². The quantitative estimate of drug-likeness (QED) is 0.858. The van der Waals surface area contributed by atoms with Gasteiger partial charge in [0.05, 0.1) is 18.3 Å². The van der Waals surface area contributed by atoms with Gasteiger partial charge in [0.15, 0.2) is 0 Å². The Kier molecular flexibility index (Phi) is 2.69. The molecule has 0 saturated heterocycles. The second kappa shape index (κ2) is 4.34. The first-order valence-corrected chi connectivity index (χ1v) is 6.12. The van der Waals surface area contributed by atoms with E-state index < -0.39 is 0 Å². The Morgan fingerprint density at radius 2 is 1.94 bits per heavy atom. The van der Waals surface area contributed by atoms with Crippen molar-refractivity contribution in [3.8, 4) is 11.1 Å². The van der Waals surface area contributed by atoms with Gasteiger partial charge in [-0.15, -0.1) is 0 Å². The fourth-order valence-electron chi connectivity index (χ4n) is 2.53. The third-order valence-corrected chi connectivity index (χ3v) is 3.49. The molecule has 1 saturated carbocycles. The highest BCUT2D eigenvalue weighted by Crippen LogP contribution is 2.30. The van der Waals surface area contributed by atoms with Crippen molar-refractivity contribution in [3.05, 3.63) is 42.7 Å². The van der Waals surface area contributed by atoms with Gasteiger partial charge < -0.3 is 5.11 Å². The van der Waals surface area contributed by atoms with Crippen LogP contribution in [0.5, 0.6) is 0 Å². The number of nitrogens with zero attached hydrogens (tertiary/aromatic N) is 2. The molecule has 3 nitrogen and oxygen atoms in total. The van der Waals surface area contributed by atoms with Crippen molar-refractivity contribution in [2.75, 3.05) is 0 Å². The third-order valence-electron chi connectivity index (χ3n) is 3.49. The van der Waals surface area contributed by atoms with Crippen LogP contribution in [-0.2, 0) is 0 Å². The van der Waals surface area contributed by atoms with Crippen LogP contribution < -0.4 is 0 Å². The lowest BCUT2D eigenvalue weighted by molar-refractivity contribution is 0.130. The van der Waals surface area contributed by atoms with Gasteiger partial charge in [-0.2, -0.15) is 5.10 Å². The predicted molar refractivity (Wildman–Crippen MR) is 66.6 cm³/mol. The zero-order valence-corrected chi connectivity index (χ0v) is 9.66. The lowest BCUT2D eigenvalue weighted by atomic mass is 10.1. The minimum atomic E-state index is -0.237. The van der Waals surface area contributed by atoms with Crippen LogP contribution in [0.4, 0.5) is 0 Å². The topological polar surface area (TPSA) is 38.0 Å². The van der Waals surface area contributed by atoms with Gasteiger partial charge in [0.2, 0.25) is 0 Å². The Balaban J connectivity index is 1.88. The van der Waals surface area contributed by atoms with Gasteiger partial charge in [-0.1, -0.05) is 30.3 Å². The zero-order valence-electron chi connectivity index (χ0n) is 9.66. The van der Waals surface area contributed by atoms with Crippen molar-refractivity contribution in [3.63, 3.8) is 0 Å². The van der Waals surface area contributed by atoms with Crippen molar-refractivity contribution in [2.45, 2.75) is 31.4 Å². The van der Waals surface area contributed by atoms with Crippen LogP contribution in [0, 0.1) is 0 Å². The van der Waals surface area contributed by atoms with E-state index in [4.69, 9.17) is 0 Å². The highest BCUT2D eigenvalue weighted by molar-refractivity contribution is 5.61. The lowest BCUT2D eigenvalue weighted by Gasteiger charge is -2.14. The molecular formula is C14H16N2O. The van der Waals surface area contributed by atoms with Crippen LogP contribution in [0.25, 0.3) is 11.1 Å². The molecule has 0 amide bonds. The van der Waals surface area contributed by atoms with E-state index >= 15 is 0 Å². The SMILES string of the molecule is O[C@H]1CCC[C@@H]1n1cc(-c2ccccc2)cn1. The summed E-state index contributed by atoms with van der Waals surface area (Å²) in [7, 11) is 0. The monoisotopic (exact) mass is 228 g/mol. The number of aromatic nitrogens is 2. The number of aliphatic hydroxyl groups excluding tert-OH is 1. The Hall–Kier alpha value is -1.61. The smallest absolute Gasteiger partial charge is 0.0778 e. The van der Waals surface area contributed by atoms with Crippen molar-refractivity contribution >= 4 is 0 Å². The Labute approximate surface area is 101 Å². The molecule has 1 aliphatic carbocycles. The van der Waals surface area contributed by atoms with E-state index in [-0.39, 0.29) is 12.1 Å². The molecule has 1 aromatic heterocycles. The molecule has 0 bridgehead atoms. The first-order valence-electron chi connectivity index (χ1n) is 6.12. The summed E-state index contributed by atoms with van der Waals surface area (Å²) < 4.78 is 1.92. The average molecular weight is 228 g/mol. The number of benzene rings is 1. The van der Waals surface area contributed by atoms with E-state index in [1.807, 2.05) is 35.3 Å². The third kappa shape index (κ3) is 1.98. The first-order chi connectivity index (χ1) is 8.34. The number of hydrogen-bond donors (Lipinski definition) is 1. The molecule has 0 spiro atoms. The van der Waals surface area contributed by atoms with E-state index in [0.717, 1.165) is 24.8 Å². The van der Waals surface area contributed by atoms with Gasteiger partial charge in [-0.25, -0.2) is 0 Å². The summed E-state index contributed by atoms with van der Waals surface area (Å²) in [4.78, 5) is 0. The van der Waals surface area contributed by atoms with E-state index in [9.17, 15) is 5.11 Å². The van der Waals surface area contributed by atoms with Crippen LogP contribution in [0.15, 0.2) is 42.7 Å². The summed E-state index contributed by atoms with van der Waals surface area (Å²) in [6.45, 7) is 0. The van der Waals surface area contributed by atoms with Crippen molar-refractivity contribution in [2.24, 2.45) is 0 Å². The van der Waals surface area contributed by atoms with Crippen molar-refractivity contribution in [1.82, 2.24) is 9.78 Å². The molecular weight excluding hydrogens is 212 g/mol. The maximum absolute atomic E-state index is 9.86. The number of aliphatic hydroxyl groups is 1. The van der Waals surface area contributed by atoms with Gasteiger partial charge in [-0.05, 0) is 24.8 Å². The van der Waals surface area contributed by atoms with Gasteiger partial charge >= 0.3 is 0 Å². The zero-order chi connectivity index (χ0) is 11.7. The average Bonchev–Trinajstić information content (AvgIpc) is 2.98.